The van der Waals surface area contributed by atoms with E-state index in [9.17, 15) is 9.90 Å². The molecule has 5 nitrogen and oxygen atoms in total. The summed E-state index contributed by atoms with van der Waals surface area (Å²) in [5.41, 5.74) is 6.34. The summed E-state index contributed by atoms with van der Waals surface area (Å²) in [6, 6.07) is 2.52. The number of aryl methyl sites for hydroxylation is 1. The Bertz CT molecular complexity index is 574. The molecule has 0 bridgehead atoms. The molecule has 0 radical (unpaired) electrons. The molecular formula is C16H24N2O3S. The van der Waals surface area contributed by atoms with Gasteiger partial charge in [0.05, 0.1) is 12.2 Å². The zero-order valence-corrected chi connectivity index (χ0v) is 14.0. The first-order valence-electron chi connectivity index (χ1n) is 7.86. The third-order valence-corrected chi connectivity index (χ3v) is 6.03. The van der Waals surface area contributed by atoms with Crippen LogP contribution < -0.4 is 5.73 Å². The summed E-state index contributed by atoms with van der Waals surface area (Å²) in [5.74, 6) is -0.655. The smallest absolute Gasteiger partial charge is 0.247 e. The summed E-state index contributed by atoms with van der Waals surface area (Å²) in [7, 11) is 0. The van der Waals surface area contributed by atoms with Crippen molar-refractivity contribution in [3.63, 3.8) is 0 Å². The van der Waals surface area contributed by atoms with Gasteiger partial charge in [0, 0.05) is 35.3 Å². The lowest BCUT2D eigenvalue weighted by Crippen LogP contribution is -2.53. The van der Waals surface area contributed by atoms with Crippen molar-refractivity contribution in [2.24, 2.45) is 5.73 Å². The summed E-state index contributed by atoms with van der Waals surface area (Å²) in [6.45, 7) is 6.18. The second kappa shape index (κ2) is 5.92. The van der Waals surface area contributed by atoms with Gasteiger partial charge in [-0.2, -0.15) is 0 Å². The number of hydrogen-bond donors (Lipinski definition) is 2. The largest absolute Gasteiger partial charge is 0.382 e. The predicted octanol–water partition coefficient (Wildman–Crippen LogP) is 1.16. The molecule has 1 aromatic heterocycles. The maximum Gasteiger partial charge on any atom is 0.247 e. The molecule has 1 amide bonds. The van der Waals surface area contributed by atoms with Gasteiger partial charge in [0.1, 0.15) is 6.10 Å². The minimum absolute atomic E-state index is 0.189. The van der Waals surface area contributed by atoms with Crippen LogP contribution >= 0.6 is 11.3 Å². The minimum atomic E-state index is -1.09. The van der Waals surface area contributed by atoms with E-state index in [1.807, 2.05) is 11.3 Å². The lowest BCUT2D eigenvalue weighted by Gasteiger charge is -2.47. The van der Waals surface area contributed by atoms with Crippen molar-refractivity contribution in [3.8, 4) is 0 Å². The second-order valence-electron chi connectivity index (χ2n) is 6.50. The Morgan fingerprint density at radius 2 is 2.45 bits per heavy atom. The Kier molecular flexibility index (Phi) is 4.29. The first kappa shape index (κ1) is 15.9. The molecule has 3 atom stereocenters. The normalized spacial score (nSPS) is 30.2. The summed E-state index contributed by atoms with van der Waals surface area (Å²) in [5, 5.41) is 9.71. The van der Waals surface area contributed by atoms with Crippen molar-refractivity contribution in [2.45, 2.75) is 50.9 Å². The van der Waals surface area contributed by atoms with Crippen LogP contribution in [0.4, 0.5) is 0 Å². The minimum Gasteiger partial charge on any atom is -0.382 e. The molecule has 1 spiro atoms. The van der Waals surface area contributed by atoms with E-state index in [1.165, 1.54) is 15.3 Å². The van der Waals surface area contributed by atoms with Gasteiger partial charge in [0.2, 0.25) is 5.91 Å². The fourth-order valence-electron chi connectivity index (χ4n) is 3.76. The van der Waals surface area contributed by atoms with Crippen molar-refractivity contribution in [2.75, 3.05) is 19.7 Å². The summed E-state index contributed by atoms with van der Waals surface area (Å²) >= 11 is 1.88. The molecule has 0 saturated carbocycles. The molecule has 0 aliphatic carbocycles. The first-order valence-corrected chi connectivity index (χ1v) is 8.68. The van der Waals surface area contributed by atoms with Crippen LogP contribution in [0, 0.1) is 6.92 Å². The number of hydrogen-bond acceptors (Lipinski definition) is 5. The standard InChI is InChI=1S/C16H24N2O3S/c1-10-8-16(4-5-18(10)9-13(19)15(17)20)12-7-11(2)22-14(12)3-6-21-16/h7,10,13,19H,3-6,8-9H2,1-2H3,(H2,17,20)/t10-,13?,16+/m0/s1. The Morgan fingerprint density at radius 1 is 1.68 bits per heavy atom. The van der Waals surface area contributed by atoms with E-state index in [-0.39, 0.29) is 11.6 Å². The summed E-state index contributed by atoms with van der Waals surface area (Å²) in [4.78, 5) is 16.0. The first-order chi connectivity index (χ1) is 10.4. The molecular weight excluding hydrogens is 300 g/mol. The molecule has 2 aliphatic heterocycles. The van der Waals surface area contributed by atoms with E-state index < -0.39 is 12.0 Å². The Morgan fingerprint density at radius 3 is 3.14 bits per heavy atom. The quantitative estimate of drug-likeness (QED) is 0.875. The molecule has 3 N–H and O–H groups in total. The van der Waals surface area contributed by atoms with Gasteiger partial charge in [-0.25, -0.2) is 0 Å². The molecule has 122 valence electrons. The van der Waals surface area contributed by atoms with E-state index in [1.54, 1.807) is 0 Å². The monoisotopic (exact) mass is 324 g/mol. The number of nitrogens with zero attached hydrogens (tertiary/aromatic N) is 1. The van der Waals surface area contributed by atoms with Gasteiger partial charge >= 0.3 is 0 Å². The Labute approximate surface area is 135 Å². The van der Waals surface area contributed by atoms with Gasteiger partial charge < -0.3 is 15.6 Å². The van der Waals surface area contributed by atoms with E-state index in [0.29, 0.717) is 6.54 Å². The van der Waals surface area contributed by atoms with Gasteiger partial charge in [-0.1, -0.05) is 0 Å². The summed E-state index contributed by atoms with van der Waals surface area (Å²) in [6.07, 6.45) is 1.70. The molecule has 22 heavy (non-hydrogen) atoms. The molecule has 6 heteroatoms. The highest BCUT2D eigenvalue weighted by atomic mass is 32.1. The van der Waals surface area contributed by atoms with Crippen molar-refractivity contribution >= 4 is 17.2 Å². The number of amides is 1. The number of aliphatic hydroxyl groups excluding tert-OH is 1. The molecule has 1 unspecified atom stereocenters. The Hall–Kier alpha value is -0.950. The molecule has 0 aromatic carbocycles. The highest BCUT2D eigenvalue weighted by Gasteiger charge is 2.44. The molecule has 3 heterocycles. The SMILES string of the molecule is Cc1cc2c(s1)CCO[C@@]21CCN(CC(O)C(N)=O)[C@@H](C)C1. The average Bonchev–Trinajstić information content (AvgIpc) is 2.84. The third kappa shape index (κ3) is 2.80. The molecule has 1 saturated heterocycles. The van der Waals surface area contributed by atoms with E-state index >= 15 is 0 Å². The maximum atomic E-state index is 11.1. The number of nitrogens with two attached hydrogens (primary N) is 1. The Balaban J connectivity index is 1.76. The van der Waals surface area contributed by atoms with Gasteiger partial charge in [-0.3, -0.25) is 9.69 Å². The second-order valence-corrected chi connectivity index (χ2v) is 7.84. The van der Waals surface area contributed by atoms with Crippen LogP contribution in [0.2, 0.25) is 0 Å². The van der Waals surface area contributed by atoms with Gasteiger partial charge in [-0.05, 0) is 38.3 Å². The number of piperidine rings is 1. The predicted molar refractivity (Wildman–Crippen MR) is 85.9 cm³/mol. The average molecular weight is 324 g/mol. The number of β-amino-alcohol motifs (C(OH)–C–C–N with tert-alkyl or cyclic N) is 1. The number of carbonyl (C=O) groups excluding carboxylic acids is 1. The zero-order valence-electron chi connectivity index (χ0n) is 13.2. The lowest BCUT2D eigenvalue weighted by atomic mass is 9.79. The fourth-order valence-corrected chi connectivity index (χ4v) is 4.87. The van der Waals surface area contributed by atoms with Gasteiger partial charge in [0.15, 0.2) is 0 Å². The molecule has 2 aliphatic rings. The number of aliphatic hydroxyl groups is 1. The van der Waals surface area contributed by atoms with Gasteiger partial charge in [-0.15, -0.1) is 11.3 Å². The van der Waals surface area contributed by atoms with Crippen LogP contribution in [0.5, 0.6) is 0 Å². The van der Waals surface area contributed by atoms with Crippen LogP contribution in [0.25, 0.3) is 0 Å². The highest BCUT2D eigenvalue weighted by Crippen LogP contribution is 2.45. The summed E-state index contributed by atoms with van der Waals surface area (Å²) < 4.78 is 6.24. The number of likely N-dealkylation sites (tertiary alicyclic amines) is 1. The van der Waals surface area contributed by atoms with E-state index in [4.69, 9.17) is 10.5 Å². The number of fused-ring (bicyclic) bond motifs is 2. The van der Waals surface area contributed by atoms with Crippen LogP contribution in [-0.2, 0) is 21.6 Å². The van der Waals surface area contributed by atoms with Crippen LogP contribution in [0.1, 0.15) is 35.1 Å². The number of thiophene rings is 1. The number of rotatable bonds is 3. The van der Waals surface area contributed by atoms with E-state index in [0.717, 1.165) is 32.4 Å². The van der Waals surface area contributed by atoms with Crippen molar-refractivity contribution in [1.29, 1.82) is 0 Å². The van der Waals surface area contributed by atoms with Crippen LogP contribution in [0.3, 0.4) is 0 Å². The maximum absolute atomic E-state index is 11.1. The van der Waals surface area contributed by atoms with Crippen LogP contribution in [-0.4, -0.2) is 47.8 Å². The van der Waals surface area contributed by atoms with E-state index in [2.05, 4.69) is 24.8 Å². The van der Waals surface area contributed by atoms with Crippen molar-refractivity contribution < 1.29 is 14.6 Å². The molecule has 1 aromatic rings. The number of primary amides is 1. The van der Waals surface area contributed by atoms with Crippen molar-refractivity contribution in [1.82, 2.24) is 4.90 Å². The molecule has 1 fully saturated rings. The third-order valence-electron chi connectivity index (χ3n) is 4.92. The highest BCUT2D eigenvalue weighted by molar-refractivity contribution is 7.12. The molecule has 3 rings (SSSR count). The lowest BCUT2D eigenvalue weighted by molar-refractivity contribution is -0.131. The zero-order chi connectivity index (χ0) is 15.9. The number of carbonyl (C=O) groups is 1. The van der Waals surface area contributed by atoms with Crippen molar-refractivity contribution in [3.05, 3.63) is 21.4 Å². The fraction of sp³-hybridized carbons (Fsp3) is 0.688. The topological polar surface area (TPSA) is 75.8 Å². The van der Waals surface area contributed by atoms with Crippen LogP contribution in [0.15, 0.2) is 6.07 Å². The van der Waals surface area contributed by atoms with Gasteiger partial charge in [0.25, 0.3) is 0 Å². The number of ether oxygens (including phenoxy) is 1.